The first-order valence-corrected chi connectivity index (χ1v) is 5.92. The van der Waals surface area contributed by atoms with Crippen molar-refractivity contribution in [2.75, 3.05) is 0 Å². The van der Waals surface area contributed by atoms with Gasteiger partial charge < -0.3 is 10.7 Å². The van der Waals surface area contributed by atoms with Crippen molar-refractivity contribution < 1.29 is 13.2 Å². The number of benzene rings is 2. The lowest BCUT2D eigenvalue weighted by Crippen LogP contribution is -1.95. The molecule has 3 N–H and O–H groups in total. The second kappa shape index (κ2) is 4.64. The summed E-state index contributed by atoms with van der Waals surface area (Å²) in [5, 5.41) is 0. The minimum Gasteiger partial charge on any atom is -0.338 e. The molecule has 0 unspecified atom stereocenters. The summed E-state index contributed by atoms with van der Waals surface area (Å²) in [6.07, 6.45) is 0. The highest BCUT2D eigenvalue weighted by molar-refractivity contribution is 5.80. The molecule has 2 aromatic carbocycles. The Hall–Kier alpha value is -2.34. The van der Waals surface area contributed by atoms with Crippen molar-refractivity contribution in [3.8, 4) is 11.4 Å². The molecule has 0 aliphatic rings. The Morgan fingerprint density at radius 3 is 2.40 bits per heavy atom. The van der Waals surface area contributed by atoms with Crippen LogP contribution in [0, 0.1) is 17.5 Å². The third kappa shape index (κ3) is 2.04. The number of aromatic nitrogens is 2. The number of hydrogen-bond acceptors (Lipinski definition) is 2. The quantitative estimate of drug-likeness (QED) is 0.756. The molecule has 6 heteroatoms. The van der Waals surface area contributed by atoms with Crippen LogP contribution in [0.1, 0.15) is 5.56 Å². The van der Waals surface area contributed by atoms with Gasteiger partial charge in [-0.1, -0.05) is 6.07 Å². The maximum absolute atomic E-state index is 13.7. The molecule has 3 aromatic rings. The molecule has 0 saturated heterocycles. The van der Waals surface area contributed by atoms with Crippen LogP contribution in [-0.4, -0.2) is 9.97 Å². The van der Waals surface area contributed by atoms with E-state index in [1.165, 1.54) is 0 Å². The minimum atomic E-state index is -0.999. The maximum atomic E-state index is 13.7. The van der Waals surface area contributed by atoms with Gasteiger partial charge in [-0.25, -0.2) is 18.2 Å². The van der Waals surface area contributed by atoms with E-state index in [4.69, 9.17) is 5.73 Å². The fourth-order valence-electron chi connectivity index (χ4n) is 2.07. The average Bonchev–Trinajstić information content (AvgIpc) is 2.79. The van der Waals surface area contributed by atoms with Crippen LogP contribution in [-0.2, 0) is 6.54 Å². The molecule has 0 amide bonds. The standard InChI is InChI=1S/C14H10F3N3/c15-8-4-9(16)13(10(17)5-8)14-19-11-2-1-7(6-18)3-12(11)20-14/h1-5H,6,18H2,(H,19,20). The molecule has 0 fully saturated rings. The Labute approximate surface area is 112 Å². The summed E-state index contributed by atoms with van der Waals surface area (Å²) in [6, 6.07) is 6.49. The zero-order chi connectivity index (χ0) is 14.3. The molecule has 1 aromatic heterocycles. The molecule has 0 spiro atoms. The first-order valence-electron chi connectivity index (χ1n) is 5.92. The molecule has 0 aliphatic heterocycles. The Morgan fingerprint density at radius 2 is 1.75 bits per heavy atom. The van der Waals surface area contributed by atoms with E-state index in [0.29, 0.717) is 29.7 Å². The number of nitrogens with zero attached hydrogens (tertiary/aromatic N) is 1. The van der Waals surface area contributed by atoms with E-state index in [9.17, 15) is 13.2 Å². The first kappa shape index (κ1) is 12.7. The average molecular weight is 277 g/mol. The molecular formula is C14H10F3N3. The van der Waals surface area contributed by atoms with Gasteiger partial charge in [-0.2, -0.15) is 0 Å². The summed E-state index contributed by atoms with van der Waals surface area (Å²) in [7, 11) is 0. The van der Waals surface area contributed by atoms with Gasteiger partial charge in [0.2, 0.25) is 0 Å². The van der Waals surface area contributed by atoms with Gasteiger partial charge in [0.05, 0.1) is 16.6 Å². The zero-order valence-electron chi connectivity index (χ0n) is 10.3. The predicted molar refractivity (Wildman–Crippen MR) is 69.3 cm³/mol. The van der Waals surface area contributed by atoms with Crippen molar-refractivity contribution in [2.45, 2.75) is 6.54 Å². The van der Waals surface area contributed by atoms with Gasteiger partial charge >= 0.3 is 0 Å². The normalized spacial score (nSPS) is 11.2. The van der Waals surface area contributed by atoms with Crippen LogP contribution >= 0.6 is 0 Å². The molecule has 102 valence electrons. The number of rotatable bonds is 2. The fraction of sp³-hybridized carbons (Fsp3) is 0.0714. The molecule has 3 nitrogen and oxygen atoms in total. The van der Waals surface area contributed by atoms with Crippen LogP contribution in [0.25, 0.3) is 22.4 Å². The summed E-state index contributed by atoms with van der Waals surface area (Å²) < 4.78 is 40.3. The van der Waals surface area contributed by atoms with Gasteiger partial charge in [0.1, 0.15) is 23.3 Å². The van der Waals surface area contributed by atoms with Crippen LogP contribution in [0.2, 0.25) is 0 Å². The summed E-state index contributed by atoms with van der Waals surface area (Å²) in [5.74, 6) is -2.95. The maximum Gasteiger partial charge on any atom is 0.144 e. The number of hydrogen-bond donors (Lipinski definition) is 2. The summed E-state index contributed by atoms with van der Waals surface area (Å²) in [5.41, 5.74) is 7.19. The second-order valence-electron chi connectivity index (χ2n) is 4.39. The van der Waals surface area contributed by atoms with Crippen molar-refractivity contribution in [3.63, 3.8) is 0 Å². The van der Waals surface area contributed by atoms with Gasteiger partial charge in [-0.3, -0.25) is 0 Å². The van der Waals surface area contributed by atoms with Crippen LogP contribution in [0.3, 0.4) is 0 Å². The monoisotopic (exact) mass is 277 g/mol. The van der Waals surface area contributed by atoms with Crippen LogP contribution in [0.5, 0.6) is 0 Å². The molecule has 20 heavy (non-hydrogen) atoms. The minimum absolute atomic E-state index is 0.0178. The van der Waals surface area contributed by atoms with Gasteiger partial charge in [0.25, 0.3) is 0 Å². The van der Waals surface area contributed by atoms with Crippen molar-refractivity contribution in [2.24, 2.45) is 5.73 Å². The predicted octanol–water partition coefficient (Wildman–Crippen LogP) is 3.11. The Bertz CT molecular complexity index is 772. The number of halogens is 3. The van der Waals surface area contributed by atoms with E-state index in [-0.39, 0.29) is 11.4 Å². The highest BCUT2D eigenvalue weighted by Crippen LogP contribution is 2.27. The van der Waals surface area contributed by atoms with Crippen LogP contribution in [0.4, 0.5) is 13.2 Å². The third-order valence-corrected chi connectivity index (χ3v) is 3.03. The Balaban J connectivity index is 2.20. The molecule has 1 heterocycles. The largest absolute Gasteiger partial charge is 0.338 e. The number of aromatic amines is 1. The van der Waals surface area contributed by atoms with Crippen molar-refractivity contribution in [1.29, 1.82) is 0 Å². The van der Waals surface area contributed by atoms with Crippen molar-refractivity contribution >= 4 is 11.0 Å². The molecule has 0 bridgehead atoms. The molecule has 0 radical (unpaired) electrons. The molecule has 0 saturated carbocycles. The molecule has 0 aliphatic carbocycles. The third-order valence-electron chi connectivity index (χ3n) is 3.03. The number of nitrogens with one attached hydrogen (secondary N) is 1. The molecule has 0 atom stereocenters. The zero-order valence-corrected chi connectivity index (χ0v) is 10.3. The fourth-order valence-corrected chi connectivity index (χ4v) is 2.07. The van der Waals surface area contributed by atoms with Crippen LogP contribution < -0.4 is 5.73 Å². The first-order chi connectivity index (χ1) is 9.58. The number of fused-ring (bicyclic) bond motifs is 1. The van der Waals surface area contributed by atoms with Gasteiger partial charge in [0, 0.05) is 18.7 Å². The molecular weight excluding hydrogens is 267 g/mol. The van der Waals surface area contributed by atoms with E-state index in [0.717, 1.165) is 5.56 Å². The van der Waals surface area contributed by atoms with E-state index >= 15 is 0 Å². The lowest BCUT2D eigenvalue weighted by molar-refractivity contribution is 0.547. The second-order valence-corrected chi connectivity index (χ2v) is 4.39. The van der Waals surface area contributed by atoms with Gasteiger partial charge in [-0.15, -0.1) is 0 Å². The van der Waals surface area contributed by atoms with Gasteiger partial charge in [0.15, 0.2) is 0 Å². The van der Waals surface area contributed by atoms with E-state index in [2.05, 4.69) is 9.97 Å². The number of H-pyrrole nitrogens is 1. The van der Waals surface area contributed by atoms with Crippen molar-refractivity contribution in [1.82, 2.24) is 9.97 Å². The van der Waals surface area contributed by atoms with Crippen LogP contribution in [0.15, 0.2) is 30.3 Å². The number of nitrogens with two attached hydrogens (primary N) is 1. The van der Waals surface area contributed by atoms with Crippen molar-refractivity contribution in [3.05, 3.63) is 53.3 Å². The highest BCUT2D eigenvalue weighted by Gasteiger charge is 2.17. The Kier molecular flexibility index (Phi) is 2.94. The van der Waals surface area contributed by atoms with E-state index in [1.54, 1.807) is 18.2 Å². The lowest BCUT2D eigenvalue weighted by Gasteiger charge is -2.01. The Morgan fingerprint density at radius 1 is 1.05 bits per heavy atom. The highest BCUT2D eigenvalue weighted by atomic mass is 19.1. The summed E-state index contributed by atoms with van der Waals surface area (Å²) >= 11 is 0. The van der Waals surface area contributed by atoms with E-state index < -0.39 is 17.5 Å². The lowest BCUT2D eigenvalue weighted by atomic mass is 10.2. The smallest absolute Gasteiger partial charge is 0.144 e. The van der Waals surface area contributed by atoms with E-state index in [1.807, 2.05) is 0 Å². The molecule has 3 rings (SSSR count). The van der Waals surface area contributed by atoms with Gasteiger partial charge in [-0.05, 0) is 17.7 Å². The number of imidazole rings is 1. The summed E-state index contributed by atoms with van der Waals surface area (Å²) in [4.78, 5) is 6.93. The summed E-state index contributed by atoms with van der Waals surface area (Å²) in [6.45, 7) is 0.351. The SMILES string of the molecule is NCc1ccc2nc(-c3c(F)cc(F)cc3F)[nH]c2c1. The topological polar surface area (TPSA) is 54.7 Å².